The van der Waals surface area contributed by atoms with Crippen LogP contribution in [-0.2, 0) is 4.74 Å². The first-order valence-electron chi connectivity index (χ1n) is 8.11. The first kappa shape index (κ1) is 19.9. The number of nitrogens with one attached hydrogen (secondary N) is 1. The highest BCUT2D eigenvalue weighted by molar-refractivity contribution is 7.20. The standard InChI is InChI=1S/C19H17ClN2O5S/c1-9-14-17(23)21-16(22-18(14)28-15(9)19(24)27-4)11(20)7-10-5-6-12(25-2)13(8-10)26-3/h5-8H,1-4H3,(H,21,22,23)/b11-7-. The highest BCUT2D eigenvalue weighted by Crippen LogP contribution is 2.31. The number of nitrogens with zero attached hydrogens (tertiary/aromatic N) is 1. The molecule has 2 aromatic heterocycles. The van der Waals surface area contributed by atoms with Crippen LogP contribution in [0.3, 0.4) is 0 Å². The number of esters is 1. The van der Waals surface area contributed by atoms with E-state index in [1.54, 1.807) is 38.3 Å². The van der Waals surface area contributed by atoms with Gasteiger partial charge in [-0.3, -0.25) is 4.79 Å². The molecule has 0 fully saturated rings. The molecule has 0 saturated heterocycles. The maximum Gasteiger partial charge on any atom is 0.348 e. The van der Waals surface area contributed by atoms with Crippen LogP contribution in [0.15, 0.2) is 23.0 Å². The lowest BCUT2D eigenvalue weighted by atomic mass is 10.2. The summed E-state index contributed by atoms with van der Waals surface area (Å²) >= 11 is 7.48. The van der Waals surface area contributed by atoms with Crippen LogP contribution in [-0.4, -0.2) is 37.3 Å². The van der Waals surface area contributed by atoms with E-state index in [-0.39, 0.29) is 16.4 Å². The molecule has 28 heavy (non-hydrogen) atoms. The number of rotatable bonds is 5. The Morgan fingerprint density at radius 2 is 1.93 bits per heavy atom. The number of thiophene rings is 1. The first-order chi connectivity index (χ1) is 13.4. The average Bonchev–Trinajstić information content (AvgIpc) is 3.04. The number of fused-ring (bicyclic) bond motifs is 1. The fourth-order valence-electron chi connectivity index (χ4n) is 2.70. The molecule has 0 radical (unpaired) electrons. The number of aromatic nitrogens is 2. The molecule has 0 aliphatic carbocycles. The van der Waals surface area contributed by atoms with Crippen LogP contribution in [0.2, 0.25) is 0 Å². The molecule has 3 rings (SSSR count). The zero-order valence-electron chi connectivity index (χ0n) is 15.6. The van der Waals surface area contributed by atoms with Crippen molar-refractivity contribution in [1.82, 2.24) is 9.97 Å². The van der Waals surface area contributed by atoms with Crippen molar-refractivity contribution in [1.29, 1.82) is 0 Å². The van der Waals surface area contributed by atoms with Crippen molar-refractivity contribution in [3.8, 4) is 11.5 Å². The van der Waals surface area contributed by atoms with E-state index < -0.39 is 5.97 Å². The number of aryl methyl sites for hydroxylation is 1. The summed E-state index contributed by atoms with van der Waals surface area (Å²) in [6.45, 7) is 1.68. The molecular formula is C19H17ClN2O5S. The fourth-order valence-corrected chi connectivity index (χ4v) is 4.02. The number of hydrogen-bond acceptors (Lipinski definition) is 7. The normalized spacial score (nSPS) is 11.5. The summed E-state index contributed by atoms with van der Waals surface area (Å²) in [6.07, 6.45) is 1.65. The molecule has 7 nitrogen and oxygen atoms in total. The summed E-state index contributed by atoms with van der Waals surface area (Å²) in [5.41, 5.74) is 0.901. The van der Waals surface area contributed by atoms with E-state index in [1.165, 1.54) is 14.2 Å². The first-order valence-corrected chi connectivity index (χ1v) is 9.30. The summed E-state index contributed by atoms with van der Waals surface area (Å²) in [6, 6.07) is 5.30. The van der Waals surface area contributed by atoms with Gasteiger partial charge in [0, 0.05) is 0 Å². The highest BCUT2D eigenvalue weighted by atomic mass is 35.5. The van der Waals surface area contributed by atoms with Gasteiger partial charge in [-0.25, -0.2) is 9.78 Å². The number of carbonyl (C=O) groups is 1. The van der Waals surface area contributed by atoms with Crippen LogP contribution in [0.1, 0.15) is 26.6 Å². The van der Waals surface area contributed by atoms with Crippen LogP contribution in [0.5, 0.6) is 11.5 Å². The Morgan fingerprint density at radius 3 is 2.57 bits per heavy atom. The summed E-state index contributed by atoms with van der Waals surface area (Å²) in [4.78, 5) is 32.2. The quantitative estimate of drug-likeness (QED) is 0.631. The van der Waals surface area contributed by atoms with E-state index >= 15 is 0 Å². The Hall–Kier alpha value is -2.84. The zero-order valence-corrected chi connectivity index (χ0v) is 17.2. The van der Waals surface area contributed by atoms with Crippen LogP contribution in [0.25, 0.3) is 21.3 Å². The largest absolute Gasteiger partial charge is 0.493 e. The molecule has 1 N–H and O–H groups in total. The number of halogens is 1. The molecule has 0 aliphatic rings. The van der Waals surface area contributed by atoms with E-state index in [0.717, 1.165) is 16.9 Å². The van der Waals surface area contributed by atoms with E-state index in [4.69, 9.17) is 25.8 Å². The molecule has 0 atom stereocenters. The Bertz CT molecular complexity index is 1150. The second kappa shape index (κ2) is 8.04. The van der Waals surface area contributed by atoms with E-state index in [0.29, 0.717) is 32.2 Å². The molecule has 0 unspecified atom stereocenters. The third-order valence-corrected chi connectivity index (χ3v) is 5.55. The third kappa shape index (κ3) is 3.61. The van der Waals surface area contributed by atoms with Crippen LogP contribution >= 0.6 is 22.9 Å². The second-order valence-electron chi connectivity index (χ2n) is 5.75. The lowest BCUT2D eigenvalue weighted by Gasteiger charge is -2.08. The van der Waals surface area contributed by atoms with Gasteiger partial charge in [0.1, 0.15) is 9.71 Å². The summed E-state index contributed by atoms with van der Waals surface area (Å²) < 4.78 is 15.2. The Morgan fingerprint density at radius 1 is 1.21 bits per heavy atom. The lowest BCUT2D eigenvalue weighted by Crippen LogP contribution is -2.10. The molecular weight excluding hydrogens is 404 g/mol. The van der Waals surface area contributed by atoms with Gasteiger partial charge in [-0.05, 0) is 36.3 Å². The minimum Gasteiger partial charge on any atom is -0.493 e. The van der Waals surface area contributed by atoms with E-state index in [2.05, 4.69) is 9.97 Å². The Balaban J connectivity index is 2.07. The van der Waals surface area contributed by atoms with Gasteiger partial charge in [-0.1, -0.05) is 17.7 Å². The minimum absolute atomic E-state index is 0.201. The van der Waals surface area contributed by atoms with Crippen molar-refractivity contribution in [3.63, 3.8) is 0 Å². The van der Waals surface area contributed by atoms with Crippen molar-refractivity contribution in [3.05, 3.63) is 50.4 Å². The monoisotopic (exact) mass is 420 g/mol. The number of aromatic amines is 1. The molecule has 0 saturated carbocycles. The van der Waals surface area contributed by atoms with Gasteiger partial charge in [0.05, 0.1) is 31.7 Å². The minimum atomic E-state index is -0.506. The second-order valence-corrected chi connectivity index (χ2v) is 7.16. The zero-order chi connectivity index (χ0) is 20.4. The Labute approximate surface area is 169 Å². The topological polar surface area (TPSA) is 90.5 Å². The number of H-pyrrole nitrogens is 1. The molecule has 0 bridgehead atoms. The van der Waals surface area contributed by atoms with Crippen molar-refractivity contribution in [2.75, 3.05) is 21.3 Å². The van der Waals surface area contributed by atoms with Crippen molar-refractivity contribution >= 4 is 50.2 Å². The number of ether oxygens (including phenoxy) is 3. The maximum absolute atomic E-state index is 12.5. The predicted octanol–water partition coefficient (Wildman–Crippen LogP) is 3.83. The smallest absolute Gasteiger partial charge is 0.348 e. The fraction of sp³-hybridized carbons (Fsp3) is 0.211. The maximum atomic E-state index is 12.5. The van der Waals surface area contributed by atoms with Crippen molar-refractivity contribution < 1.29 is 19.0 Å². The number of benzene rings is 1. The summed E-state index contributed by atoms with van der Waals surface area (Å²) in [5, 5.41) is 0.585. The van der Waals surface area contributed by atoms with Crippen LogP contribution in [0.4, 0.5) is 0 Å². The van der Waals surface area contributed by atoms with Gasteiger partial charge in [0.2, 0.25) is 0 Å². The molecule has 0 amide bonds. The SMILES string of the molecule is COC(=O)c1sc2nc(/C(Cl)=C/c3ccc(OC)c(OC)c3)[nH]c(=O)c2c1C. The highest BCUT2D eigenvalue weighted by Gasteiger charge is 2.20. The predicted molar refractivity (Wildman–Crippen MR) is 110 cm³/mol. The molecule has 0 aliphatic heterocycles. The van der Waals surface area contributed by atoms with Crippen molar-refractivity contribution in [2.45, 2.75) is 6.92 Å². The van der Waals surface area contributed by atoms with Crippen LogP contribution in [0, 0.1) is 6.92 Å². The molecule has 2 heterocycles. The van der Waals surface area contributed by atoms with Gasteiger partial charge in [0.25, 0.3) is 5.56 Å². The van der Waals surface area contributed by atoms with Gasteiger partial charge < -0.3 is 19.2 Å². The number of methoxy groups -OCH3 is 3. The van der Waals surface area contributed by atoms with E-state index in [1.807, 2.05) is 0 Å². The molecule has 3 aromatic rings. The molecule has 0 spiro atoms. The molecule has 146 valence electrons. The summed E-state index contributed by atoms with van der Waals surface area (Å²) in [5.74, 6) is 0.836. The van der Waals surface area contributed by atoms with Gasteiger partial charge >= 0.3 is 5.97 Å². The lowest BCUT2D eigenvalue weighted by molar-refractivity contribution is 0.0605. The van der Waals surface area contributed by atoms with Crippen LogP contribution < -0.4 is 15.0 Å². The van der Waals surface area contributed by atoms with Gasteiger partial charge in [-0.2, -0.15) is 0 Å². The van der Waals surface area contributed by atoms with E-state index in [9.17, 15) is 9.59 Å². The number of hydrogen-bond donors (Lipinski definition) is 1. The third-order valence-electron chi connectivity index (χ3n) is 4.10. The average molecular weight is 421 g/mol. The van der Waals surface area contributed by atoms with Gasteiger partial charge in [-0.15, -0.1) is 11.3 Å². The number of carbonyl (C=O) groups excluding carboxylic acids is 1. The molecule has 1 aromatic carbocycles. The molecule has 9 heteroatoms. The Kier molecular flexibility index (Phi) is 5.71. The summed E-state index contributed by atoms with van der Waals surface area (Å²) in [7, 11) is 4.38. The van der Waals surface area contributed by atoms with Gasteiger partial charge in [0.15, 0.2) is 17.3 Å². The van der Waals surface area contributed by atoms with Crippen molar-refractivity contribution in [2.24, 2.45) is 0 Å².